The Morgan fingerprint density at radius 1 is 1.14 bits per heavy atom. The average Bonchev–Trinajstić information content (AvgIpc) is 2.48. The minimum absolute atomic E-state index is 0.430. The van der Waals surface area contributed by atoms with Crippen LogP contribution in [0.4, 0.5) is 11.4 Å². The van der Waals surface area contributed by atoms with Crippen LogP contribution in [-0.2, 0) is 6.42 Å². The summed E-state index contributed by atoms with van der Waals surface area (Å²) in [6, 6.07) is 14.5. The molecule has 0 atom stereocenters. The molecule has 4 heteroatoms. The average molecular weight is 316 g/mol. The lowest BCUT2D eigenvalue weighted by molar-refractivity contribution is 1.14. The summed E-state index contributed by atoms with van der Waals surface area (Å²) >= 11 is 6.99. The van der Waals surface area contributed by atoms with Crippen molar-refractivity contribution in [2.75, 3.05) is 11.1 Å². The standard InChI is InChI=1S/C17H20N2S2/c1-3-12-8-10-13(11-9-12)19-14-6-5-7-15(21-4-2)16(14)17(18)20/h5-11,19H,3-4H2,1-2H3,(H2,18,20). The first-order chi connectivity index (χ1) is 10.2. The Morgan fingerprint density at radius 2 is 1.86 bits per heavy atom. The van der Waals surface area contributed by atoms with Gasteiger partial charge in [-0.05, 0) is 42.0 Å². The number of rotatable bonds is 6. The van der Waals surface area contributed by atoms with Gasteiger partial charge in [-0.25, -0.2) is 0 Å². The second kappa shape index (κ2) is 7.48. The predicted molar refractivity (Wildman–Crippen MR) is 97.8 cm³/mol. The van der Waals surface area contributed by atoms with Crippen molar-refractivity contribution in [1.29, 1.82) is 0 Å². The number of hydrogen-bond acceptors (Lipinski definition) is 3. The van der Waals surface area contributed by atoms with E-state index in [0.717, 1.165) is 34.0 Å². The van der Waals surface area contributed by atoms with Gasteiger partial charge in [-0.3, -0.25) is 0 Å². The number of thioether (sulfide) groups is 1. The fourth-order valence-corrected chi connectivity index (χ4v) is 3.28. The fourth-order valence-electron chi connectivity index (χ4n) is 2.14. The van der Waals surface area contributed by atoms with Gasteiger partial charge in [0, 0.05) is 21.8 Å². The minimum Gasteiger partial charge on any atom is -0.389 e. The van der Waals surface area contributed by atoms with Gasteiger partial charge in [-0.1, -0.05) is 44.3 Å². The number of aryl methyl sites for hydroxylation is 1. The summed E-state index contributed by atoms with van der Waals surface area (Å²) in [5, 5.41) is 3.42. The van der Waals surface area contributed by atoms with Crippen molar-refractivity contribution < 1.29 is 0 Å². The summed E-state index contributed by atoms with van der Waals surface area (Å²) < 4.78 is 0. The number of nitrogens with one attached hydrogen (secondary N) is 1. The van der Waals surface area contributed by atoms with Crippen molar-refractivity contribution >= 4 is 40.3 Å². The SMILES string of the molecule is CCSc1cccc(Nc2ccc(CC)cc2)c1C(N)=S. The summed E-state index contributed by atoms with van der Waals surface area (Å²) in [7, 11) is 0. The van der Waals surface area contributed by atoms with Gasteiger partial charge in [0.05, 0.1) is 0 Å². The van der Waals surface area contributed by atoms with Gasteiger partial charge < -0.3 is 11.1 Å². The molecule has 2 aromatic rings. The highest BCUT2D eigenvalue weighted by Crippen LogP contribution is 2.30. The third-order valence-corrected chi connectivity index (χ3v) is 4.36. The van der Waals surface area contributed by atoms with Crippen LogP contribution in [0.2, 0.25) is 0 Å². The molecule has 0 bridgehead atoms. The van der Waals surface area contributed by atoms with E-state index in [1.807, 2.05) is 12.1 Å². The summed E-state index contributed by atoms with van der Waals surface area (Å²) in [6.07, 6.45) is 1.04. The highest BCUT2D eigenvalue weighted by molar-refractivity contribution is 7.99. The summed E-state index contributed by atoms with van der Waals surface area (Å²) in [4.78, 5) is 1.56. The normalized spacial score (nSPS) is 10.4. The highest BCUT2D eigenvalue weighted by atomic mass is 32.2. The lowest BCUT2D eigenvalue weighted by Crippen LogP contribution is -2.13. The zero-order valence-electron chi connectivity index (χ0n) is 12.3. The molecule has 0 unspecified atom stereocenters. The molecule has 0 amide bonds. The van der Waals surface area contributed by atoms with Crippen LogP contribution in [0.5, 0.6) is 0 Å². The topological polar surface area (TPSA) is 38.0 Å². The molecule has 2 nitrogen and oxygen atoms in total. The van der Waals surface area contributed by atoms with Crippen LogP contribution in [0.15, 0.2) is 47.4 Å². The third-order valence-electron chi connectivity index (χ3n) is 3.21. The molecule has 0 aliphatic carbocycles. The molecule has 110 valence electrons. The number of benzene rings is 2. The maximum absolute atomic E-state index is 5.92. The maximum Gasteiger partial charge on any atom is 0.107 e. The van der Waals surface area contributed by atoms with Crippen molar-refractivity contribution in [3.05, 3.63) is 53.6 Å². The van der Waals surface area contributed by atoms with Crippen molar-refractivity contribution in [3.8, 4) is 0 Å². The number of nitrogens with two attached hydrogens (primary N) is 1. The van der Waals surface area contributed by atoms with E-state index in [1.54, 1.807) is 11.8 Å². The molecule has 0 aliphatic heterocycles. The molecule has 0 heterocycles. The molecule has 3 N–H and O–H groups in total. The van der Waals surface area contributed by atoms with E-state index in [0.29, 0.717) is 4.99 Å². The Kier molecular flexibility index (Phi) is 5.65. The molecule has 0 radical (unpaired) electrons. The Balaban J connectivity index is 2.33. The van der Waals surface area contributed by atoms with Gasteiger partial charge in [-0.2, -0.15) is 0 Å². The van der Waals surface area contributed by atoms with Crippen LogP contribution in [0, 0.1) is 0 Å². The minimum atomic E-state index is 0.430. The molecule has 0 saturated heterocycles. The van der Waals surface area contributed by atoms with Gasteiger partial charge in [0.2, 0.25) is 0 Å². The van der Waals surface area contributed by atoms with Crippen LogP contribution in [0.25, 0.3) is 0 Å². The summed E-state index contributed by atoms with van der Waals surface area (Å²) in [5.74, 6) is 0.990. The van der Waals surface area contributed by atoms with Crippen LogP contribution < -0.4 is 11.1 Å². The largest absolute Gasteiger partial charge is 0.389 e. The molecule has 2 rings (SSSR count). The van der Waals surface area contributed by atoms with Crippen LogP contribution in [0.1, 0.15) is 25.0 Å². The molecule has 0 fully saturated rings. The first kappa shape index (κ1) is 15.9. The second-order valence-electron chi connectivity index (χ2n) is 4.65. The molecule has 0 aliphatic rings. The van der Waals surface area contributed by atoms with Crippen LogP contribution in [-0.4, -0.2) is 10.7 Å². The Hall–Kier alpha value is -1.52. The van der Waals surface area contributed by atoms with E-state index in [9.17, 15) is 0 Å². The second-order valence-corrected chi connectivity index (χ2v) is 6.40. The van der Waals surface area contributed by atoms with Crippen molar-refractivity contribution in [2.24, 2.45) is 5.73 Å². The lowest BCUT2D eigenvalue weighted by atomic mass is 10.1. The molecular weight excluding hydrogens is 296 g/mol. The maximum atomic E-state index is 5.92. The Morgan fingerprint density at radius 3 is 2.43 bits per heavy atom. The zero-order valence-corrected chi connectivity index (χ0v) is 14.0. The fraction of sp³-hybridized carbons (Fsp3) is 0.235. The number of hydrogen-bond donors (Lipinski definition) is 2. The van der Waals surface area contributed by atoms with Crippen molar-refractivity contribution in [1.82, 2.24) is 0 Å². The van der Waals surface area contributed by atoms with Crippen molar-refractivity contribution in [3.63, 3.8) is 0 Å². The monoisotopic (exact) mass is 316 g/mol. The van der Waals surface area contributed by atoms with E-state index in [2.05, 4.69) is 49.5 Å². The van der Waals surface area contributed by atoms with Gasteiger partial charge in [0.15, 0.2) is 0 Å². The molecule has 0 aromatic heterocycles. The molecule has 2 aromatic carbocycles. The van der Waals surface area contributed by atoms with E-state index >= 15 is 0 Å². The zero-order chi connectivity index (χ0) is 15.2. The molecule has 0 spiro atoms. The van der Waals surface area contributed by atoms with Crippen LogP contribution in [0.3, 0.4) is 0 Å². The number of anilines is 2. The first-order valence-electron chi connectivity index (χ1n) is 7.07. The molecular formula is C17H20N2S2. The van der Waals surface area contributed by atoms with Gasteiger partial charge in [0.1, 0.15) is 4.99 Å². The van der Waals surface area contributed by atoms with Gasteiger partial charge in [0.25, 0.3) is 0 Å². The van der Waals surface area contributed by atoms with E-state index in [1.165, 1.54) is 5.56 Å². The van der Waals surface area contributed by atoms with E-state index in [-0.39, 0.29) is 0 Å². The number of thiocarbonyl (C=S) groups is 1. The Labute approximate surface area is 136 Å². The third kappa shape index (κ3) is 3.99. The van der Waals surface area contributed by atoms with Gasteiger partial charge in [-0.15, -0.1) is 11.8 Å². The molecule has 21 heavy (non-hydrogen) atoms. The van der Waals surface area contributed by atoms with E-state index < -0.39 is 0 Å². The quantitative estimate of drug-likeness (QED) is 0.596. The van der Waals surface area contributed by atoms with Crippen molar-refractivity contribution in [2.45, 2.75) is 25.2 Å². The predicted octanol–water partition coefficient (Wildman–Crippen LogP) is 4.74. The van der Waals surface area contributed by atoms with Crippen LogP contribution >= 0.6 is 24.0 Å². The van der Waals surface area contributed by atoms with E-state index in [4.69, 9.17) is 18.0 Å². The first-order valence-corrected chi connectivity index (χ1v) is 8.46. The Bertz CT molecular complexity index is 621. The summed E-state index contributed by atoms with van der Waals surface area (Å²) in [5.41, 5.74) is 10.2. The molecule has 0 saturated carbocycles. The summed E-state index contributed by atoms with van der Waals surface area (Å²) in [6.45, 7) is 4.27. The highest BCUT2D eigenvalue weighted by Gasteiger charge is 2.11. The smallest absolute Gasteiger partial charge is 0.107 e. The van der Waals surface area contributed by atoms with Gasteiger partial charge >= 0.3 is 0 Å². The lowest BCUT2D eigenvalue weighted by Gasteiger charge is -2.15.